The largest absolute Gasteiger partial charge is 0.459 e. The molecule has 0 aromatic heterocycles. The van der Waals surface area contributed by atoms with Gasteiger partial charge in [0, 0.05) is 20.0 Å². The van der Waals surface area contributed by atoms with Crippen molar-refractivity contribution in [2.45, 2.75) is 56.7 Å². The molecule has 0 N–H and O–H groups in total. The lowest BCUT2D eigenvalue weighted by Gasteiger charge is -2.48. The first-order valence-corrected chi connectivity index (χ1v) is 10.9. The molecule has 1 aliphatic heterocycles. The lowest BCUT2D eigenvalue weighted by atomic mass is 9.72. The van der Waals surface area contributed by atoms with Crippen LogP contribution < -0.4 is 0 Å². The van der Waals surface area contributed by atoms with Crippen LogP contribution >= 0.6 is 0 Å². The van der Waals surface area contributed by atoms with E-state index < -0.39 is 34.6 Å². The molecule has 1 aromatic rings. The Bertz CT molecular complexity index is 749. The second kappa shape index (κ2) is 8.26. The van der Waals surface area contributed by atoms with Crippen molar-refractivity contribution in [3.05, 3.63) is 35.9 Å². The summed E-state index contributed by atoms with van der Waals surface area (Å²) in [7, 11) is -2.37. The predicted octanol–water partition coefficient (Wildman–Crippen LogP) is 2.22. The molecule has 7 nitrogen and oxygen atoms in total. The van der Waals surface area contributed by atoms with Crippen LogP contribution in [0.25, 0.3) is 0 Å². The number of hydrogen-bond acceptors (Lipinski definition) is 7. The Labute approximate surface area is 160 Å². The van der Waals surface area contributed by atoms with Crippen molar-refractivity contribution in [2.75, 3.05) is 13.4 Å². The molecule has 6 atom stereocenters. The summed E-state index contributed by atoms with van der Waals surface area (Å²) in [6.45, 7) is 1.31. The van der Waals surface area contributed by atoms with E-state index in [1.165, 1.54) is 19.6 Å². The highest BCUT2D eigenvalue weighted by atomic mass is 32.2. The molecule has 3 rings (SSSR count). The molecule has 0 unspecified atom stereocenters. The van der Waals surface area contributed by atoms with Crippen molar-refractivity contribution in [1.82, 2.24) is 0 Å². The molecule has 1 heterocycles. The van der Waals surface area contributed by atoms with Gasteiger partial charge in [-0.3, -0.25) is 8.98 Å². The van der Waals surface area contributed by atoms with E-state index in [1.807, 2.05) is 18.2 Å². The van der Waals surface area contributed by atoms with Crippen LogP contribution in [0.1, 0.15) is 37.7 Å². The molecule has 1 aliphatic carbocycles. The Hall–Kier alpha value is -1.48. The number of fused-ring (bicyclic) bond motifs is 1. The van der Waals surface area contributed by atoms with Gasteiger partial charge in [-0.1, -0.05) is 30.3 Å². The van der Waals surface area contributed by atoms with E-state index in [0.29, 0.717) is 6.42 Å². The smallest absolute Gasteiger partial charge is 0.303 e. The molecular formula is C19H26O7S. The third-order valence-electron chi connectivity index (χ3n) is 5.25. The van der Waals surface area contributed by atoms with Gasteiger partial charge in [0.05, 0.1) is 12.4 Å². The van der Waals surface area contributed by atoms with E-state index in [2.05, 4.69) is 12.1 Å². The van der Waals surface area contributed by atoms with Crippen LogP contribution in [-0.2, 0) is 33.3 Å². The highest BCUT2D eigenvalue weighted by Gasteiger charge is 2.52. The molecule has 1 saturated carbocycles. The van der Waals surface area contributed by atoms with Gasteiger partial charge in [-0.2, -0.15) is 8.42 Å². The second-order valence-electron chi connectivity index (χ2n) is 7.20. The summed E-state index contributed by atoms with van der Waals surface area (Å²) < 4.78 is 45.6. The number of methoxy groups -OCH3 is 1. The number of benzene rings is 1. The maximum atomic E-state index is 11.8. The maximum absolute atomic E-state index is 11.8. The fourth-order valence-corrected chi connectivity index (χ4v) is 4.81. The van der Waals surface area contributed by atoms with Gasteiger partial charge in [-0.05, 0) is 30.7 Å². The third-order valence-corrected chi connectivity index (χ3v) is 5.82. The van der Waals surface area contributed by atoms with Crippen LogP contribution in [0.3, 0.4) is 0 Å². The highest BCUT2D eigenvalue weighted by Crippen LogP contribution is 2.44. The summed E-state index contributed by atoms with van der Waals surface area (Å²) in [6, 6.07) is 10.1. The Morgan fingerprint density at radius 2 is 1.85 bits per heavy atom. The first-order chi connectivity index (χ1) is 12.8. The van der Waals surface area contributed by atoms with Gasteiger partial charge in [0.25, 0.3) is 10.1 Å². The van der Waals surface area contributed by atoms with E-state index in [-0.39, 0.29) is 17.9 Å². The maximum Gasteiger partial charge on any atom is 0.303 e. The average Bonchev–Trinajstić information content (AvgIpc) is 2.62. The van der Waals surface area contributed by atoms with Crippen LogP contribution in [-0.4, -0.2) is 52.4 Å². The number of carbonyl (C=O) groups excluding carboxylic acids is 1. The standard InChI is InChI=1S/C19H26O7S/c1-12(20)24-17-15-11-14(13-7-5-4-6-8-13)9-10-16(15)25-19(23-2)18(17)26-27(3,21)22/h4-8,14-19H,9-11H2,1-3H3/t14-,15+,16+,17+,18-,19-/m1/s1. The van der Waals surface area contributed by atoms with Gasteiger partial charge in [-0.15, -0.1) is 0 Å². The SMILES string of the molecule is CO[C@@H]1O[C@H]2CC[C@@H](c3ccccc3)C[C@@H]2[C@H](OC(C)=O)[C@H]1OS(C)(=O)=O. The summed E-state index contributed by atoms with van der Waals surface area (Å²) in [5, 5.41) is 0. The minimum atomic E-state index is -3.79. The number of hydrogen-bond donors (Lipinski definition) is 0. The molecule has 0 spiro atoms. The minimum absolute atomic E-state index is 0.175. The van der Waals surface area contributed by atoms with E-state index in [9.17, 15) is 13.2 Å². The van der Waals surface area contributed by atoms with Crippen molar-refractivity contribution >= 4 is 16.1 Å². The van der Waals surface area contributed by atoms with Gasteiger partial charge in [0.2, 0.25) is 0 Å². The summed E-state index contributed by atoms with van der Waals surface area (Å²) in [4.78, 5) is 11.7. The zero-order valence-electron chi connectivity index (χ0n) is 15.7. The normalized spacial score (nSPS) is 33.9. The zero-order valence-corrected chi connectivity index (χ0v) is 16.6. The first-order valence-electron chi connectivity index (χ1n) is 9.07. The monoisotopic (exact) mass is 398 g/mol. The summed E-state index contributed by atoms with van der Waals surface area (Å²) in [5.41, 5.74) is 1.21. The summed E-state index contributed by atoms with van der Waals surface area (Å²) >= 11 is 0. The van der Waals surface area contributed by atoms with Crippen molar-refractivity contribution < 1.29 is 31.6 Å². The third kappa shape index (κ3) is 4.87. The highest BCUT2D eigenvalue weighted by molar-refractivity contribution is 7.86. The molecule has 0 radical (unpaired) electrons. The Morgan fingerprint density at radius 1 is 1.15 bits per heavy atom. The number of esters is 1. The quantitative estimate of drug-likeness (QED) is 0.555. The lowest BCUT2D eigenvalue weighted by Crippen LogP contribution is -2.59. The van der Waals surface area contributed by atoms with Crippen molar-refractivity contribution in [2.24, 2.45) is 5.92 Å². The van der Waals surface area contributed by atoms with Crippen LogP contribution in [0.4, 0.5) is 0 Å². The summed E-state index contributed by atoms with van der Waals surface area (Å²) in [5.74, 6) is -0.377. The average molecular weight is 398 g/mol. The fraction of sp³-hybridized carbons (Fsp3) is 0.632. The first kappa shape index (κ1) is 20.3. The number of rotatable bonds is 5. The van der Waals surface area contributed by atoms with Crippen LogP contribution in [0.5, 0.6) is 0 Å². The molecule has 2 aliphatic rings. The molecule has 150 valence electrons. The van der Waals surface area contributed by atoms with Crippen molar-refractivity contribution in [1.29, 1.82) is 0 Å². The molecule has 2 fully saturated rings. The van der Waals surface area contributed by atoms with Gasteiger partial charge in [0.15, 0.2) is 12.4 Å². The fourth-order valence-electron chi connectivity index (χ4n) is 4.21. The van der Waals surface area contributed by atoms with Gasteiger partial charge in [-0.25, -0.2) is 0 Å². The predicted molar refractivity (Wildman–Crippen MR) is 97.5 cm³/mol. The van der Waals surface area contributed by atoms with Crippen molar-refractivity contribution in [3.8, 4) is 0 Å². The molecule has 27 heavy (non-hydrogen) atoms. The lowest BCUT2D eigenvalue weighted by molar-refractivity contribution is -0.280. The van der Waals surface area contributed by atoms with Crippen molar-refractivity contribution in [3.63, 3.8) is 0 Å². The van der Waals surface area contributed by atoms with Gasteiger partial charge < -0.3 is 14.2 Å². The molecular weight excluding hydrogens is 372 g/mol. The number of carbonyl (C=O) groups is 1. The molecule has 0 amide bonds. The number of ether oxygens (including phenoxy) is 3. The van der Waals surface area contributed by atoms with E-state index in [1.54, 1.807) is 0 Å². The minimum Gasteiger partial charge on any atom is -0.459 e. The van der Waals surface area contributed by atoms with Gasteiger partial charge in [0.1, 0.15) is 6.10 Å². The molecule has 1 aromatic carbocycles. The molecule has 8 heteroatoms. The topological polar surface area (TPSA) is 88.1 Å². The Balaban J connectivity index is 1.89. The van der Waals surface area contributed by atoms with E-state index >= 15 is 0 Å². The second-order valence-corrected chi connectivity index (χ2v) is 8.80. The zero-order chi connectivity index (χ0) is 19.6. The van der Waals surface area contributed by atoms with Gasteiger partial charge >= 0.3 is 5.97 Å². The van der Waals surface area contributed by atoms with E-state index in [4.69, 9.17) is 18.4 Å². The Kier molecular flexibility index (Phi) is 6.20. The summed E-state index contributed by atoms with van der Waals surface area (Å²) in [6.07, 6.45) is 0.491. The molecule has 0 bridgehead atoms. The van der Waals surface area contributed by atoms with Crippen LogP contribution in [0, 0.1) is 5.92 Å². The molecule has 1 saturated heterocycles. The van der Waals surface area contributed by atoms with Crippen LogP contribution in [0.15, 0.2) is 30.3 Å². The van der Waals surface area contributed by atoms with Crippen LogP contribution in [0.2, 0.25) is 0 Å². The van der Waals surface area contributed by atoms with E-state index in [0.717, 1.165) is 19.1 Å². The Morgan fingerprint density at radius 3 is 2.44 bits per heavy atom.